The molecule has 0 saturated carbocycles. The molecule has 32 heavy (non-hydrogen) atoms. The van der Waals surface area contributed by atoms with Crippen LogP contribution in [0.15, 0.2) is 77.8 Å². The number of carbonyl (C=O) groups is 2. The number of amides is 2. The number of carbonyl (C=O) groups excluding carboxylic acids is 2. The molecule has 6 nitrogen and oxygen atoms in total. The van der Waals surface area contributed by atoms with Gasteiger partial charge in [-0.2, -0.15) is 0 Å². The molecule has 2 heterocycles. The van der Waals surface area contributed by atoms with Gasteiger partial charge >= 0.3 is 0 Å². The highest BCUT2D eigenvalue weighted by Crippen LogP contribution is 2.25. The Labute approximate surface area is 187 Å². The molecule has 3 aromatic carbocycles. The van der Waals surface area contributed by atoms with Crippen molar-refractivity contribution in [1.82, 2.24) is 10.3 Å². The number of aromatic amines is 1. The Morgan fingerprint density at radius 2 is 1.75 bits per heavy atom. The summed E-state index contributed by atoms with van der Waals surface area (Å²) in [6.07, 6.45) is -1.26. The van der Waals surface area contributed by atoms with Crippen molar-refractivity contribution in [2.75, 3.05) is 5.32 Å². The van der Waals surface area contributed by atoms with E-state index < -0.39 is 23.8 Å². The van der Waals surface area contributed by atoms with Gasteiger partial charge in [-0.25, -0.2) is 9.38 Å². The van der Waals surface area contributed by atoms with Crippen LogP contribution in [0.25, 0.3) is 10.9 Å². The van der Waals surface area contributed by atoms with E-state index in [1.165, 1.54) is 6.07 Å². The van der Waals surface area contributed by atoms with Crippen molar-refractivity contribution in [2.24, 2.45) is 4.99 Å². The number of rotatable bonds is 3. The maximum absolute atomic E-state index is 14.6. The zero-order valence-corrected chi connectivity index (χ0v) is 17.3. The molecule has 0 fully saturated rings. The SMILES string of the molecule is O=C(N[C@@H]1N=C(c2ccccc2F)c2ccccc2NC1=O)c1cc2cc(Cl)ccc2[nH]1. The fourth-order valence-corrected chi connectivity index (χ4v) is 3.83. The molecule has 8 heteroatoms. The number of hydrogen-bond donors (Lipinski definition) is 3. The van der Waals surface area contributed by atoms with Crippen LogP contribution in [-0.2, 0) is 4.79 Å². The van der Waals surface area contributed by atoms with Gasteiger partial charge in [0.25, 0.3) is 11.8 Å². The lowest BCUT2D eigenvalue weighted by Crippen LogP contribution is -2.42. The minimum absolute atomic E-state index is 0.232. The van der Waals surface area contributed by atoms with Crippen molar-refractivity contribution >= 4 is 45.7 Å². The van der Waals surface area contributed by atoms with Crippen LogP contribution in [0.2, 0.25) is 5.02 Å². The van der Waals surface area contributed by atoms with Gasteiger partial charge in [-0.1, -0.05) is 41.9 Å². The zero-order valence-electron chi connectivity index (χ0n) is 16.5. The Morgan fingerprint density at radius 1 is 1.00 bits per heavy atom. The van der Waals surface area contributed by atoms with Gasteiger partial charge in [0.2, 0.25) is 6.17 Å². The Balaban J connectivity index is 1.54. The second-order valence-electron chi connectivity index (χ2n) is 7.28. The molecular formula is C24H16ClFN4O2. The number of aliphatic imine (C=N–C) groups is 1. The molecule has 0 unspecified atom stereocenters. The van der Waals surface area contributed by atoms with Crippen LogP contribution < -0.4 is 10.6 Å². The molecule has 2 amide bonds. The van der Waals surface area contributed by atoms with E-state index in [1.807, 2.05) is 0 Å². The first-order chi connectivity index (χ1) is 15.5. The summed E-state index contributed by atoms with van der Waals surface area (Å²) < 4.78 is 14.6. The summed E-state index contributed by atoms with van der Waals surface area (Å²) in [6.45, 7) is 0. The quantitative estimate of drug-likeness (QED) is 0.432. The van der Waals surface area contributed by atoms with E-state index >= 15 is 0 Å². The Hall–Kier alpha value is -3.97. The highest BCUT2D eigenvalue weighted by atomic mass is 35.5. The number of benzene rings is 3. The largest absolute Gasteiger partial charge is 0.351 e. The number of nitrogens with one attached hydrogen (secondary N) is 3. The van der Waals surface area contributed by atoms with Crippen molar-refractivity contribution < 1.29 is 14.0 Å². The molecule has 0 radical (unpaired) electrons. The topological polar surface area (TPSA) is 86.3 Å². The van der Waals surface area contributed by atoms with Gasteiger partial charge in [0.05, 0.1) is 11.4 Å². The molecular weight excluding hydrogens is 431 g/mol. The molecule has 1 atom stereocenters. The lowest BCUT2D eigenvalue weighted by atomic mass is 10.0. The van der Waals surface area contributed by atoms with E-state index in [9.17, 15) is 14.0 Å². The lowest BCUT2D eigenvalue weighted by Gasteiger charge is -2.13. The fraction of sp³-hybridized carbons (Fsp3) is 0.0417. The number of anilines is 1. The molecule has 0 aliphatic carbocycles. The van der Waals surface area contributed by atoms with Crippen LogP contribution in [0.4, 0.5) is 10.1 Å². The number of halogens is 2. The molecule has 1 aliphatic rings. The van der Waals surface area contributed by atoms with Crippen molar-refractivity contribution in [2.45, 2.75) is 6.17 Å². The minimum Gasteiger partial charge on any atom is -0.351 e. The standard InChI is InChI=1S/C24H16ClFN4O2/c25-14-9-10-18-13(11-14)12-20(27-18)23(31)30-22-24(32)28-19-8-4-2-6-16(19)21(29-22)15-5-1-3-7-17(15)26/h1-12,22,27H,(H,28,32)(H,30,31)/t22-/m0/s1. The highest BCUT2D eigenvalue weighted by molar-refractivity contribution is 6.31. The number of H-pyrrole nitrogens is 1. The third-order valence-electron chi connectivity index (χ3n) is 5.17. The normalized spacial score (nSPS) is 15.5. The van der Waals surface area contributed by atoms with E-state index in [0.717, 1.165) is 10.9 Å². The summed E-state index contributed by atoms with van der Waals surface area (Å²) in [4.78, 5) is 33.2. The van der Waals surface area contributed by atoms with Crippen molar-refractivity contribution in [3.63, 3.8) is 0 Å². The predicted octanol–water partition coefficient (Wildman–Crippen LogP) is 4.51. The van der Waals surface area contributed by atoms with Crippen molar-refractivity contribution in [1.29, 1.82) is 0 Å². The van der Waals surface area contributed by atoms with Crippen LogP contribution >= 0.6 is 11.6 Å². The number of aromatic nitrogens is 1. The summed E-state index contributed by atoms with van der Waals surface area (Å²) in [5.41, 5.74) is 2.52. The average molecular weight is 447 g/mol. The number of nitrogens with zero attached hydrogens (tertiary/aromatic N) is 1. The minimum atomic E-state index is -1.26. The highest BCUT2D eigenvalue weighted by Gasteiger charge is 2.28. The van der Waals surface area contributed by atoms with Gasteiger partial charge in [-0.05, 0) is 42.5 Å². The summed E-state index contributed by atoms with van der Waals surface area (Å²) in [7, 11) is 0. The maximum atomic E-state index is 14.6. The van der Waals surface area contributed by atoms with Crippen LogP contribution in [0, 0.1) is 5.82 Å². The smallest absolute Gasteiger partial charge is 0.269 e. The number of para-hydroxylation sites is 1. The molecule has 0 saturated heterocycles. The molecule has 0 spiro atoms. The summed E-state index contributed by atoms with van der Waals surface area (Å²) >= 11 is 6.02. The van der Waals surface area contributed by atoms with Crippen molar-refractivity contribution in [3.05, 3.63) is 100 Å². The van der Waals surface area contributed by atoms with E-state index in [4.69, 9.17) is 11.6 Å². The van der Waals surface area contributed by atoms with Gasteiger partial charge in [-0.15, -0.1) is 0 Å². The fourth-order valence-electron chi connectivity index (χ4n) is 3.65. The third kappa shape index (κ3) is 3.63. The van der Waals surface area contributed by atoms with Gasteiger partial charge < -0.3 is 15.6 Å². The third-order valence-corrected chi connectivity index (χ3v) is 5.41. The molecule has 0 bridgehead atoms. The molecule has 158 valence electrons. The van der Waals surface area contributed by atoms with E-state index in [2.05, 4.69) is 20.6 Å². The molecule has 4 aromatic rings. The first-order valence-corrected chi connectivity index (χ1v) is 10.2. The summed E-state index contributed by atoms with van der Waals surface area (Å²) in [5.74, 6) is -1.54. The lowest BCUT2D eigenvalue weighted by molar-refractivity contribution is -0.117. The van der Waals surface area contributed by atoms with Gasteiger partial charge in [0, 0.05) is 27.1 Å². The summed E-state index contributed by atoms with van der Waals surface area (Å²) in [6, 6.07) is 20.0. The van der Waals surface area contributed by atoms with Crippen molar-refractivity contribution in [3.8, 4) is 0 Å². The van der Waals surface area contributed by atoms with E-state index in [1.54, 1.807) is 66.7 Å². The molecule has 1 aliphatic heterocycles. The monoisotopic (exact) mass is 446 g/mol. The molecule has 3 N–H and O–H groups in total. The molecule has 1 aromatic heterocycles. The number of fused-ring (bicyclic) bond motifs is 2. The van der Waals surface area contributed by atoms with Gasteiger partial charge in [-0.3, -0.25) is 9.59 Å². The van der Waals surface area contributed by atoms with E-state index in [-0.39, 0.29) is 17.0 Å². The van der Waals surface area contributed by atoms with E-state index in [0.29, 0.717) is 16.3 Å². The van der Waals surface area contributed by atoms with Crippen LogP contribution in [0.1, 0.15) is 21.6 Å². The van der Waals surface area contributed by atoms with Gasteiger partial charge in [0.1, 0.15) is 11.5 Å². The number of benzodiazepines with no additional fused rings is 1. The Morgan fingerprint density at radius 3 is 2.56 bits per heavy atom. The first-order valence-electron chi connectivity index (χ1n) is 9.82. The van der Waals surface area contributed by atoms with Crippen LogP contribution in [-0.4, -0.2) is 28.7 Å². The summed E-state index contributed by atoms with van der Waals surface area (Å²) in [5, 5.41) is 6.70. The number of hydrogen-bond acceptors (Lipinski definition) is 3. The maximum Gasteiger partial charge on any atom is 0.269 e. The molecule has 5 rings (SSSR count). The first kappa shape index (κ1) is 20.0. The second-order valence-corrected chi connectivity index (χ2v) is 7.72. The predicted molar refractivity (Wildman–Crippen MR) is 122 cm³/mol. The Bertz CT molecular complexity index is 1410. The zero-order chi connectivity index (χ0) is 22.2. The van der Waals surface area contributed by atoms with Crippen LogP contribution in [0.5, 0.6) is 0 Å². The average Bonchev–Trinajstić information content (AvgIpc) is 3.15. The Kier molecular flexibility index (Phi) is 4.95. The van der Waals surface area contributed by atoms with Gasteiger partial charge in [0.15, 0.2) is 0 Å². The van der Waals surface area contributed by atoms with Crippen LogP contribution in [0.3, 0.4) is 0 Å². The second kappa shape index (κ2) is 7.94.